The molecule has 0 atom stereocenters. The van der Waals surface area contributed by atoms with Crippen LogP contribution in [0.3, 0.4) is 0 Å². The second-order valence-corrected chi connectivity index (χ2v) is 3.67. The van der Waals surface area contributed by atoms with Crippen LogP contribution in [0.2, 0.25) is 0 Å². The number of ether oxygens (including phenoxy) is 1. The van der Waals surface area contributed by atoms with Crippen LogP contribution >= 0.6 is 0 Å². The van der Waals surface area contributed by atoms with Crippen LogP contribution in [0, 0.1) is 0 Å². The number of likely N-dealkylation sites (N-methyl/N-ethyl adjacent to an activating group) is 1. The van der Waals surface area contributed by atoms with Gasteiger partial charge in [-0.25, -0.2) is 4.63 Å². The minimum absolute atomic E-state index is 0.00158. The molecule has 0 aromatic carbocycles. The monoisotopic (exact) mass is 243 g/mol. The number of anilines is 1. The number of nitrogen functional groups attached to an aromatic ring is 1. The number of aromatic nitrogens is 2. The first-order chi connectivity index (χ1) is 8.11. The van der Waals surface area contributed by atoms with E-state index in [9.17, 15) is 4.79 Å². The van der Waals surface area contributed by atoms with Gasteiger partial charge >= 0.3 is 0 Å². The van der Waals surface area contributed by atoms with E-state index in [0.717, 1.165) is 6.54 Å². The van der Waals surface area contributed by atoms with Crippen molar-refractivity contribution < 1.29 is 14.2 Å². The molecule has 0 aliphatic rings. The summed E-state index contributed by atoms with van der Waals surface area (Å²) in [6, 6.07) is 0. The van der Waals surface area contributed by atoms with E-state index in [2.05, 4.69) is 20.3 Å². The summed E-state index contributed by atoms with van der Waals surface area (Å²) in [7, 11) is 3.93. The van der Waals surface area contributed by atoms with Gasteiger partial charge < -0.3 is 20.7 Å². The van der Waals surface area contributed by atoms with Gasteiger partial charge in [0.2, 0.25) is 11.5 Å². The zero-order valence-corrected chi connectivity index (χ0v) is 9.97. The average molecular weight is 243 g/mol. The molecule has 3 N–H and O–H groups in total. The van der Waals surface area contributed by atoms with Crippen LogP contribution in [0.25, 0.3) is 0 Å². The molecule has 0 fully saturated rings. The maximum atomic E-state index is 11.5. The number of hydrogen-bond donors (Lipinski definition) is 2. The van der Waals surface area contributed by atoms with E-state index in [1.54, 1.807) is 0 Å². The van der Waals surface area contributed by atoms with E-state index in [0.29, 0.717) is 19.8 Å². The zero-order valence-electron chi connectivity index (χ0n) is 9.97. The molecule has 8 nitrogen and oxygen atoms in total. The Labute approximate surface area is 99.0 Å². The summed E-state index contributed by atoms with van der Waals surface area (Å²) in [6.07, 6.45) is 0. The number of carbonyl (C=O) groups excluding carboxylic acids is 1. The van der Waals surface area contributed by atoms with Crippen molar-refractivity contribution in [2.24, 2.45) is 0 Å². The van der Waals surface area contributed by atoms with Crippen LogP contribution in [0.1, 0.15) is 10.5 Å². The fourth-order valence-corrected chi connectivity index (χ4v) is 1.02. The lowest BCUT2D eigenvalue weighted by molar-refractivity contribution is 0.0892. The molecular formula is C9H17N5O3. The van der Waals surface area contributed by atoms with E-state index in [1.165, 1.54) is 0 Å². The third-order valence-electron chi connectivity index (χ3n) is 1.94. The number of rotatable bonds is 7. The lowest BCUT2D eigenvalue weighted by atomic mass is 10.4. The minimum Gasteiger partial charge on any atom is -0.379 e. The van der Waals surface area contributed by atoms with E-state index in [4.69, 9.17) is 10.5 Å². The van der Waals surface area contributed by atoms with Crippen LogP contribution < -0.4 is 11.1 Å². The standard InChI is InChI=1S/C9H17N5O3/c1-14(2)4-6-16-5-3-11-9(15)7-8(10)13-17-12-7/h3-6H2,1-2H3,(H2,10,13)(H,11,15). The number of nitrogens with zero attached hydrogens (tertiary/aromatic N) is 3. The summed E-state index contributed by atoms with van der Waals surface area (Å²) in [5.74, 6) is -0.434. The Morgan fingerprint density at radius 3 is 2.82 bits per heavy atom. The van der Waals surface area contributed by atoms with Gasteiger partial charge in [-0.2, -0.15) is 0 Å². The maximum Gasteiger partial charge on any atom is 0.277 e. The summed E-state index contributed by atoms with van der Waals surface area (Å²) in [5.41, 5.74) is 5.36. The second kappa shape index (κ2) is 6.81. The van der Waals surface area contributed by atoms with Crippen molar-refractivity contribution in [2.75, 3.05) is 46.1 Å². The normalized spacial score (nSPS) is 10.8. The SMILES string of the molecule is CN(C)CCOCCNC(=O)c1nonc1N. The maximum absolute atomic E-state index is 11.5. The molecule has 0 spiro atoms. The van der Waals surface area contributed by atoms with Crippen LogP contribution in [-0.2, 0) is 4.74 Å². The van der Waals surface area contributed by atoms with Crippen molar-refractivity contribution in [3.05, 3.63) is 5.69 Å². The van der Waals surface area contributed by atoms with Gasteiger partial charge in [0, 0.05) is 13.1 Å². The van der Waals surface area contributed by atoms with Crippen molar-refractivity contribution in [1.82, 2.24) is 20.5 Å². The number of nitrogens with two attached hydrogens (primary N) is 1. The van der Waals surface area contributed by atoms with E-state index >= 15 is 0 Å². The Morgan fingerprint density at radius 2 is 2.24 bits per heavy atom. The van der Waals surface area contributed by atoms with Gasteiger partial charge in [-0.15, -0.1) is 0 Å². The molecule has 96 valence electrons. The molecule has 17 heavy (non-hydrogen) atoms. The first-order valence-electron chi connectivity index (χ1n) is 5.20. The zero-order chi connectivity index (χ0) is 12.7. The van der Waals surface area contributed by atoms with Gasteiger partial charge in [-0.1, -0.05) is 0 Å². The van der Waals surface area contributed by atoms with Gasteiger partial charge in [-0.05, 0) is 24.4 Å². The Morgan fingerprint density at radius 1 is 1.47 bits per heavy atom. The van der Waals surface area contributed by atoms with E-state index in [1.807, 2.05) is 19.0 Å². The second-order valence-electron chi connectivity index (χ2n) is 3.67. The van der Waals surface area contributed by atoms with Crippen LogP contribution in [0.4, 0.5) is 5.82 Å². The molecule has 0 aliphatic heterocycles. The van der Waals surface area contributed by atoms with Gasteiger partial charge in [0.15, 0.2) is 0 Å². The van der Waals surface area contributed by atoms with Crippen molar-refractivity contribution in [3.8, 4) is 0 Å². The highest BCUT2D eigenvalue weighted by Crippen LogP contribution is 2.02. The molecule has 8 heteroatoms. The molecule has 1 rings (SSSR count). The highest BCUT2D eigenvalue weighted by molar-refractivity contribution is 5.95. The predicted octanol–water partition coefficient (Wildman–Crippen LogP) is -1.04. The summed E-state index contributed by atoms with van der Waals surface area (Å²) in [5, 5.41) is 9.29. The quantitative estimate of drug-likeness (QED) is 0.589. The van der Waals surface area contributed by atoms with Crippen LogP contribution in [-0.4, -0.2) is 61.5 Å². The Kier molecular flexibility index (Phi) is 5.37. The van der Waals surface area contributed by atoms with E-state index < -0.39 is 5.91 Å². The Bertz CT molecular complexity index is 352. The fourth-order valence-electron chi connectivity index (χ4n) is 1.02. The molecule has 0 saturated carbocycles. The summed E-state index contributed by atoms with van der Waals surface area (Å²) >= 11 is 0. The van der Waals surface area contributed by atoms with Crippen molar-refractivity contribution in [2.45, 2.75) is 0 Å². The number of amides is 1. The van der Waals surface area contributed by atoms with Crippen LogP contribution in [0.15, 0.2) is 4.63 Å². The lowest BCUT2D eigenvalue weighted by Gasteiger charge is -2.09. The fraction of sp³-hybridized carbons (Fsp3) is 0.667. The molecule has 1 amide bonds. The highest BCUT2D eigenvalue weighted by atomic mass is 16.6. The topological polar surface area (TPSA) is 107 Å². The largest absolute Gasteiger partial charge is 0.379 e. The van der Waals surface area contributed by atoms with Crippen molar-refractivity contribution >= 4 is 11.7 Å². The first kappa shape index (κ1) is 13.4. The molecule has 1 aromatic heterocycles. The molecule has 0 radical (unpaired) electrons. The Hall–Kier alpha value is -1.67. The highest BCUT2D eigenvalue weighted by Gasteiger charge is 2.14. The lowest BCUT2D eigenvalue weighted by Crippen LogP contribution is -2.29. The number of hydrogen-bond acceptors (Lipinski definition) is 7. The molecule has 0 unspecified atom stereocenters. The number of carbonyl (C=O) groups is 1. The predicted molar refractivity (Wildman–Crippen MR) is 60.4 cm³/mol. The third-order valence-corrected chi connectivity index (χ3v) is 1.94. The minimum atomic E-state index is -0.417. The van der Waals surface area contributed by atoms with Crippen molar-refractivity contribution in [3.63, 3.8) is 0 Å². The number of nitrogens with one attached hydrogen (secondary N) is 1. The van der Waals surface area contributed by atoms with Gasteiger partial charge in [0.1, 0.15) is 0 Å². The molecular weight excluding hydrogens is 226 g/mol. The Balaban J connectivity index is 2.11. The first-order valence-corrected chi connectivity index (χ1v) is 5.20. The molecule has 1 aromatic rings. The molecule has 1 heterocycles. The van der Waals surface area contributed by atoms with Gasteiger partial charge in [0.25, 0.3) is 5.91 Å². The van der Waals surface area contributed by atoms with E-state index in [-0.39, 0.29) is 11.5 Å². The third kappa shape index (κ3) is 4.79. The summed E-state index contributed by atoms with van der Waals surface area (Å²) in [6.45, 7) is 2.29. The summed E-state index contributed by atoms with van der Waals surface area (Å²) in [4.78, 5) is 13.5. The summed E-state index contributed by atoms with van der Waals surface area (Å²) < 4.78 is 9.61. The van der Waals surface area contributed by atoms with Gasteiger partial charge in [0.05, 0.1) is 13.2 Å². The average Bonchev–Trinajstić information content (AvgIpc) is 2.69. The van der Waals surface area contributed by atoms with Crippen molar-refractivity contribution in [1.29, 1.82) is 0 Å². The molecule has 0 saturated heterocycles. The van der Waals surface area contributed by atoms with Gasteiger partial charge in [-0.3, -0.25) is 4.79 Å². The van der Waals surface area contributed by atoms with Crippen LogP contribution in [0.5, 0.6) is 0 Å². The molecule has 0 bridgehead atoms. The smallest absolute Gasteiger partial charge is 0.277 e. The molecule has 0 aliphatic carbocycles.